The Balaban J connectivity index is 1.50. The van der Waals surface area contributed by atoms with Crippen LogP contribution in [0.2, 0.25) is 0 Å². The average Bonchev–Trinajstić information content (AvgIpc) is 3.21. The number of ether oxygens (including phenoxy) is 1. The van der Waals surface area contributed by atoms with Gasteiger partial charge in [-0.2, -0.15) is 0 Å². The van der Waals surface area contributed by atoms with Gasteiger partial charge in [0.25, 0.3) is 11.8 Å². The SMILES string of the molecule is CCc1ccccc1OCC(=O)NNC(=O)c1csc(-c2ccccc2)n1. The topological polar surface area (TPSA) is 80.3 Å². The molecule has 2 aromatic carbocycles. The first-order valence-electron chi connectivity index (χ1n) is 8.48. The average molecular weight is 381 g/mol. The van der Waals surface area contributed by atoms with Gasteiger partial charge in [-0.3, -0.25) is 20.4 Å². The molecule has 0 fully saturated rings. The predicted molar refractivity (Wildman–Crippen MR) is 104 cm³/mol. The highest BCUT2D eigenvalue weighted by Crippen LogP contribution is 2.23. The fraction of sp³-hybridized carbons (Fsp3) is 0.150. The molecule has 2 amide bonds. The fourth-order valence-electron chi connectivity index (χ4n) is 2.40. The lowest BCUT2D eigenvalue weighted by atomic mass is 10.1. The van der Waals surface area contributed by atoms with Crippen LogP contribution in [0, 0.1) is 0 Å². The Labute approximate surface area is 161 Å². The third-order valence-electron chi connectivity index (χ3n) is 3.79. The quantitative estimate of drug-likeness (QED) is 0.643. The lowest BCUT2D eigenvalue weighted by molar-refractivity contribution is -0.123. The molecule has 2 N–H and O–H groups in total. The standard InChI is InChI=1S/C20H19N3O3S/c1-2-14-8-6-7-11-17(14)26-12-18(24)22-23-19(25)16-13-27-20(21-16)15-9-4-3-5-10-15/h3-11,13H,2,12H2,1H3,(H,22,24)(H,23,25). The van der Waals surface area contributed by atoms with Crippen molar-refractivity contribution in [1.29, 1.82) is 0 Å². The van der Waals surface area contributed by atoms with Crippen molar-refractivity contribution in [3.05, 3.63) is 71.2 Å². The molecule has 0 atom stereocenters. The van der Waals surface area contributed by atoms with Gasteiger partial charge in [0.1, 0.15) is 16.5 Å². The molecule has 0 saturated carbocycles. The summed E-state index contributed by atoms with van der Waals surface area (Å²) in [5.41, 5.74) is 6.90. The number of amides is 2. The molecule has 1 aromatic heterocycles. The zero-order chi connectivity index (χ0) is 19.1. The van der Waals surface area contributed by atoms with Gasteiger partial charge in [-0.25, -0.2) is 4.98 Å². The summed E-state index contributed by atoms with van der Waals surface area (Å²) in [7, 11) is 0. The number of nitrogens with one attached hydrogen (secondary N) is 2. The van der Waals surface area contributed by atoms with Gasteiger partial charge in [0.15, 0.2) is 6.61 Å². The number of rotatable bonds is 6. The zero-order valence-corrected chi connectivity index (χ0v) is 15.6. The van der Waals surface area contributed by atoms with E-state index in [2.05, 4.69) is 15.8 Å². The number of hydrazine groups is 1. The van der Waals surface area contributed by atoms with Gasteiger partial charge >= 0.3 is 0 Å². The van der Waals surface area contributed by atoms with E-state index in [0.29, 0.717) is 5.75 Å². The van der Waals surface area contributed by atoms with E-state index >= 15 is 0 Å². The van der Waals surface area contributed by atoms with Crippen LogP contribution in [-0.2, 0) is 11.2 Å². The molecule has 6 nitrogen and oxygen atoms in total. The van der Waals surface area contributed by atoms with E-state index in [-0.39, 0.29) is 12.3 Å². The highest BCUT2D eigenvalue weighted by atomic mass is 32.1. The first kappa shape index (κ1) is 18.6. The maximum atomic E-state index is 12.1. The molecule has 0 saturated heterocycles. The number of hydrogen-bond acceptors (Lipinski definition) is 5. The maximum Gasteiger partial charge on any atom is 0.289 e. The third-order valence-corrected chi connectivity index (χ3v) is 4.68. The third kappa shape index (κ3) is 4.92. The Hall–Kier alpha value is -3.19. The summed E-state index contributed by atoms with van der Waals surface area (Å²) in [5.74, 6) is -0.267. The van der Waals surface area contributed by atoms with E-state index < -0.39 is 11.8 Å². The predicted octanol–water partition coefficient (Wildman–Crippen LogP) is 3.21. The Kier molecular flexibility index (Phi) is 6.17. The number of carbonyl (C=O) groups excluding carboxylic acids is 2. The minimum absolute atomic E-state index is 0.191. The molecule has 0 bridgehead atoms. The van der Waals surface area contributed by atoms with Gasteiger partial charge in [-0.15, -0.1) is 11.3 Å². The Morgan fingerprint density at radius 1 is 1.04 bits per heavy atom. The number of carbonyl (C=O) groups is 2. The summed E-state index contributed by atoms with van der Waals surface area (Å²) in [6.45, 7) is 1.82. The summed E-state index contributed by atoms with van der Waals surface area (Å²) in [6.07, 6.45) is 0.808. The van der Waals surface area contributed by atoms with Crippen molar-refractivity contribution in [2.45, 2.75) is 13.3 Å². The van der Waals surface area contributed by atoms with Gasteiger partial charge in [0.05, 0.1) is 0 Å². The summed E-state index contributed by atoms with van der Waals surface area (Å²) in [4.78, 5) is 28.4. The molecule has 3 rings (SSSR count). The normalized spacial score (nSPS) is 10.3. The van der Waals surface area contributed by atoms with E-state index in [4.69, 9.17) is 4.74 Å². The lowest BCUT2D eigenvalue weighted by Crippen LogP contribution is -2.44. The van der Waals surface area contributed by atoms with Crippen molar-refractivity contribution < 1.29 is 14.3 Å². The van der Waals surface area contributed by atoms with E-state index in [1.807, 2.05) is 61.5 Å². The minimum Gasteiger partial charge on any atom is -0.483 e. The summed E-state index contributed by atoms with van der Waals surface area (Å²) < 4.78 is 5.51. The molecule has 0 aliphatic rings. The summed E-state index contributed by atoms with van der Waals surface area (Å²) >= 11 is 1.37. The molecule has 0 aliphatic heterocycles. The van der Waals surface area contributed by atoms with Crippen LogP contribution in [0.25, 0.3) is 10.6 Å². The van der Waals surface area contributed by atoms with E-state index in [1.165, 1.54) is 11.3 Å². The minimum atomic E-state index is -0.476. The maximum absolute atomic E-state index is 12.1. The van der Waals surface area contributed by atoms with Crippen molar-refractivity contribution in [3.8, 4) is 16.3 Å². The first-order chi connectivity index (χ1) is 13.2. The number of thiazole rings is 1. The van der Waals surface area contributed by atoms with Crippen LogP contribution >= 0.6 is 11.3 Å². The van der Waals surface area contributed by atoms with Crippen LogP contribution < -0.4 is 15.6 Å². The number of para-hydroxylation sites is 1. The zero-order valence-electron chi connectivity index (χ0n) is 14.8. The first-order valence-corrected chi connectivity index (χ1v) is 9.36. The largest absolute Gasteiger partial charge is 0.483 e. The molecule has 0 aliphatic carbocycles. The number of benzene rings is 2. The molecule has 27 heavy (non-hydrogen) atoms. The van der Waals surface area contributed by atoms with E-state index in [1.54, 1.807) is 5.38 Å². The monoisotopic (exact) mass is 381 g/mol. The van der Waals surface area contributed by atoms with Crippen LogP contribution in [0.3, 0.4) is 0 Å². The molecular weight excluding hydrogens is 362 g/mol. The Morgan fingerprint density at radius 3 is 2.56 bits per heavy atom. The number of hydrogen-bond donors (Lipinski definition) is 2. The number of nitrogens with zero attached hydrogens (tertiary/aromatic N) is 1. The van der Waals surface area contributed by atoms with Crippen LogP contribution in [-0.4, -0.2) is 23.4 Å². The second kappa shape index (κ2) is 8.95. The van der Waals surface area contributed by atoms with Crippen molar-refractivity contribution in [3.63, 3.8) is 0 Å². The van der Waals surface area contributed by atoms with Gasteiger partial charge in [0.2, 0.25) is 0 Å². The van der Waals surface area contributed by atoms with Crippen molar-refractivity contribution in [1.82, 2.24) is 15.8 Å². The molecule has 7 heteroatoms. The summed E-state index contributed by atoms with van der Waals surface area (Å²) in [6, 6.07) is 17.1. The van der Waals surface area contributed by atoms with Crippen LogP contribution in [0.15, 0.2) is 60.0 Å². The second-order valence-corrected chi connectivity index (χ2v) is 6.51. The highest BCUT2D eigenvalue weighted by molar-refractivity contribution is 7.13. The number of aromatic nitrogens is 1. The van der Waals surface area contributed by atoms with Gasteiger partial charge in [0, 0.05) is 10.9 Å². The van der Waals surface area contributed by atoms with Crippen molar-refractivity contribution in [2.75, 3.05) is 6.61 Å². The second-order valence-electron chi connectivity index (χ2n) is 5.66. The van der Waals surface area contributed by atoms with Crippen LogP contribution in [0.1, 0.15) is 23.0 Å². The Bertz CT molecular complexity index is 925. The fourth-order valence-corrected chi connectivity index (χ4v) is 3.20. The van der Waals surface area contributed by atoms with Crippen LogP contribution in [0.5, 0.6) is 5.75 Å². The van der Waals surface area contributed by atoms with E-state index in [9.17, 15) is 9.59 Å². The van der Waals surface area contributed by atoms with Gasteiger partial charge < -0.3 is 4.74 Å². The molecule has 0 spiro atoms. The van der Waals surface area contributed by atoms with Crippen molar-refractivity contribution in [2.24, 2.45) is 0 Å². The molecule has 3 aromatic rings. The van der Waals surface area contributed by atoms with Gasteiger partial charge in [-0.1, -0.05) is 55.5 Å². The highest BCUT2D eigenvalue weighted by Gasteiger charge is 2.13. The van der Waals surface area contributed by atoms with Crippen molar-refractivity contribution >= 4 is 23.2 Å². The Morgan fingerprint density at radius 2 is 1.78 bits per heavy atom. The summed E-state index contributed by atoms with van der Waals surface area (Å²) in [5, 5.41) is 2.39. The molecule has 1 heterocycles. The van der Waals surface area contributed by atoms with Crippen LogP contribution in [0.4, 0.5) is 0 Å². The van der Waals surface area contributed by atoms with Gasteiger partial charge in [-0.05, 0) is 18.1 Å². The molecule has 0 radical (unpaired) electrons. The molecular formula is C20H19N3O3S. The number of aryl methyl sites for hydroxylation is 1. The lowest BCUT2D eigenvalue weighted by Gasteiger charge is -2.10. The molecule has 138 valence electrons. The molecule has 0 unspecified atom stereocenters. The smallest absolute Gasteiger partial charge is 0.289 e. The van der Waals surface area contributed by atoms with E-state index in [0.717, 1.165) is 22.6 Å².